The van der Waals surface area contributed by atoms with E-state index < -0.39 is 16.1 Å². The summed E-state index contributed by atoms with van der Waals surface area (Å²) in [5, 5.41) is 0.494. The lowest BCUT2D eigenvalue weighted by molar-refractivity contribution is -0.135. The first-order valence-corrected chi connectivity index (χ1v) is 10.4. The molecular formula is C16H20Cl2N2O3S. The van der Waals surface area contributed by atoms with Gasteiger partial charge in [-0.15, -0.1) is 0 Å². The fourth-order valence-corrected chi connectivity index (χ4v) is 5.41. The van der Waals surface area contributed by atoms with Crippen molar-refractivity contribution in [3.63, 3.8) is 0 Å². The van der Waals surface area contributed by atoms with Gasteiger partial charge in [-0.25, -0.2) is 8.42 Å². The van der Waals surface area contributed by atoms with E-state index in [4.69, 9.17) is 23.2 Å². The van der Waals surface area contributed by atoms with Gasteiger partial charge in [0.2, 0.25) is 15.9 Å². The summed E-state index contributed by atoms with van der Waals surface area (Å²) >= 11 is 11.8. The maximum atomic E-state index is 12.9. The van der Waals surface area contributed by atoms with E-state index >= 15 is 0 Å². The molecule has 0 aliphatic carbocycles. The third kappa shape index (κ3) is 3.43. The van der Waals surface area contributed by atoms with Crippen molar-refractivity contribution in [1.29, 1.82) is 0 Å². The van der Waals surface area contributed by atoms with Gasteiger partial charge in [-0.05, 0) is 50.3 Å². The van der Waals surface area contributed by atoms with Crippen LogP contribution in [0.5, 0.6) is 0 Å². The molecule has 0 spiro atoms. The molecule has 2 saturated heterocycles. The SMILES string of the molecule is O=C([C@@H]1CCCN1S(=O)(=O)c1ccc(Cl)c(Cl)c1)N1CCCCC1. The molecule has 0 bridgehead atoms. The molecule has 1 atom stereocenters. The number of hydrogen-bond acceptors (Lipinski definition) is 3. The lowest BCUT2D eigenvalue weighted by Crippen LogP contribution is -2.49. The molecule has 1 amide bonds. The summed E-state index contributed by atoms with van der Waals surface area (Å²) in [6.45, 7) is 1.79. The normalized spacial score (nSPS) is 22.8. The van der Waals surface area contributed by atoms with Gasteiger partial charge in [-0.3, -0.25) is 4.79 Å². The maximum Gasteiger partial charge on any atom is 0.243 e. The number of carbonyl (C=O) groups excluding carboxylic acids is 1. The second kappa shape index (κ2) is 7.20. The molecule has 2 fully saturated rings. The predicted molar refractivity (Wildman–Crippen MR) is 93.8 cm³/mol. The van der Waals surface area contributed by atoms with E-state index in [2.05, 4.69) is 0 Å². The van der Waals surface area contributed by atoms with Crippen LogP contribution in [0.15, 0.2) is 23.1 Å². The van der Waals surface area contributed by atoms with Crippen molar-refractivity contribution in [2.45, 2.75) is 43.0 Å². The quantitative estimate of drug-likeness (QED) is 0.796. The summed E-state index contributed by atoms with van der Waals surface area (Å²) in [5.74, 6) is -0.0733. The van der Waals surface area contributed by atoms with Crippen LogP contribution in [-0.4, -0.2) is 49.2 Å². The van der Waals surface area contributed by atoms with Gasteiger partial charge in [0.25, 0.3) is 0 Å². The third-order valence-electron chi connectivity index (χ3n) is 4.65. The van der Waals surface area contributed by atoms with Gasteiger partial charge in [0.05, 0.1) is 14.9 Å². The van der Waals surface area contributed by atoms with Crippen LogP contribution < -0.4 is 0 Å². The number of amides is 1. The van der Waals surface area contributed by atoms with Gasteiger partial charge >= 0.3 is 0 Å². The van der Waals surface area contributed by atoms with Crippen molar-refractivity contribution in [2.75, 3.05) is 19.6 Å². The fraction of sp³-hybridized carbons (Fsp3) is 0.562. The highest BCUT2D eigenvalue weighted by atomic mass is 35.5. The number of benzene rings is 1. The van der Waals surface area contributed by atoms with Crippen molar-refractivity contribution >= 4 is 39.1 Å². The number of hydrogen-bond donors (Lipinski definition) is 0. The van der Waals surface area contributed by atoms with Gasteiger partial charge in [-0.2, -0.15) is 4.31 Å². The molecule has 2 aliphatic heterocycles. The van der Waals surface area contributed by atoms with E-state index in [9.17, 15) is 13.2 Å². The van der Waals surface area contributed by atoms with Gasteiger partial charge in [0.15, 0.2) is 0 Å². The van der Waals surface area contributed by atoms with E-state index in [1.54, 1.807) is 4.90 Å². The minimum Gasteiger partial charge on any atom is -0.341 e. The summed E-state index contributed by atoms with van der Waals surface area (Å²) in [6.07, 6.45) is 4.34. The molecular weight excluding hydrogens is 371 g/mol. The molecule has 132 valence electrons. The molecule has 24 heavy (non-hydrogen) atoms. The Bertz CT molecular complexity index is 733. The summed E-state index contributed by atoms with van der Waals surface area (Å²) in [7, 11) is -3.77. The summed E-state index contributed by atoms with van der Waals surface area (Å²) in [5.41, 5.74) is 0. The summed E-state index contributed by atoms with van der Waals surface area (Å²) in [6, 6.07) is 3.64. The zero-order valence-electron chi connectivity index (χ0n) is 13.2. The van der Waals surface area contributed by atoms with Crippen LogP contribution in [0, 0.1) is 0 Å². The molecule has 1 aromatic rings. The Morgan fingerprint density at radius 1 is 1.00 bits per heavy atom. The first-order valence-electron chi connectivity index (χ1n) is 8.17. The number of halogens is 2. The van der Waals surface area contributed by atoms with Crippen LogP contribution in [0.3, 0.4) is 0 Å². The number of carbonyl (C=O) groups is 1. The topological polar surface area (TPSA) is 57.7 Å². The van der Waals surface area contributed by atoms with Crippen LogP contribution >= 0.6 is 23.2 Å². The number of rotatable bonds is 3. The Morgan fingerprint density at radius 3 is 2.38 bits per heavy atom. The molecule has 2 heterocycles. The van der Waals surface area contributed by atoms with Crippen LogP contribution in [0.4, 0.5) is 0 Å². The monoisotopic (exact) mass is 390 g/mol. The minimum atomic E-state index is -3.77. The summed E-state index contributed by atoms with van der Waals surface area (Å²) < 4.78 is 27.2. The Kier molecular flexibility index (Phi) is 5.39. The first kappa shape index (κ1) is 18.0. The van der Waals surface area contributed by atoms with E-state index in [1.807, 2.05) is 0 Å². The van der Waals surface area contributed by atoms with Gasteiger partial charge in [-0.1, -0.05) is 23.2 Å². The lowest BCUT2D eigenvalue weighted by atomic mass is 10.1. The maximum absolute atomic E-state index is 12.9. The molecule has 1 aromatic carbocycles. The van der Waals surface area contributed by atoms with Gasteiger partial charge in [0.1, 0.15) is 6.04 Å². The van der Waals surface area contributed by atoms with E-state index in [0.29, 0.717) is 24.4 Å². The van der Waals surface area contributed by atoms with Crippen LogP contribution in [0.25, 0.3) is 0 Å². The molecule has 8 heteroatoms. The lowest BCUT2D eigenvalue weighted by Gasteiger charge is -2.32. The number of nitrogens with zero attached hydrogens (tertiary/aromatic N) is 2. The zero-order valence-corrected chi connectivity index (χ0v) is 15.6. The number of sulfonamides is 1. The van der Waals surface area contributed by atoms with E-state index in [0.717, 1.165) is 32.4 Å². The van der Waals surface area contributed by atoms with Crippen molar-refractivity contribution in [3.8, 4) is 0 Å². The smallest absolute Gasteiger partial charge is 0.243 e. The Balaban J connectivity index is 1.85. The molecule has 5 nitrogen and oxygen atoms in total. The second-order valence-corrected chi connectivity index (χ2v) is 8.94. The van der Waals surface area contributed by atoms with Crippen molar-refractivity contribution < 1.29 is 13.2 Å². The van der Waals surface area contributed by atoms with Gasteiger partial charge in [0, 0.05) is 19.6 Å². The largest absolute Gasteiger partial charge is 0.341 e. The number of likely N-dealkylation sites (tertiary alicyclic amines) is 1. The third-order valence-corrected chi connectivity index (χ3v) is 7.30. The average molecular weight is 391 g/mol. The minimum absolute atomic E-state index is 0.0733. The predicted octanol–water partition coefficient (Wildman–Crippen LogP) is 3.16. The fourth-order valence-electron chi connectivity index (χ4n) is 3.37. The zero-order chi connectivity index (χ0) is 17.3. The highest BCUT2D eigenvalue weighted by molar-refractivity contribution is 7.89. The Morgan fingerprint density at radius 2 is 1.71 bits per heavy atom. The molecule has 0 saturated carbocycles. The van der Waals surface area contributed by atoms with E-state index in [-0.39, 0.29) is 15.8 Å². The van der Waals surface area contributed by atoms with Crippen LogP contribution in [-0.2, 0) is 14.8 Å². The summed E-state index contributed by atoms with van der Waals surface area (Å²) in [4.78, 5) is 14.7. The molecule has 0 radical (unpaired) electrons. The van der Waals surface area contributed by atoms with Gasteiger partial charge < -0.3 is 4.90 Å². The Hall–Kier alpha value is -0.820. The second-order valence-electron chi connectivity index (χ2n) is 6.24. The number of piperidine rings is 1. The van der Waals surface area contributed by atoms with E-state index in [1.165, 1.54) is 22.5 Å². The van der Waals surface area contributed by atoms with Crippen molar-refractivity contribution in [2.24, 2.45) is 0 Å². The van der Waals surface area contributed by atoms with Crippen molar-refractivity contribution in [1.82, 2.24) is 9.21 Å². The standard InChI is InChI=1S/C16H20Cl2N2O3S/c17-13-7-6-12(11-14(13)18)24(22,23)20-10-4-5-15(20)16(21)19-8-2-1-3-9-19/h6-7,11,15H,1-5,8-10H2/t15-/m0/s1. The highest BCUT2D eigenvalue weighted by Gasteiger charge is 2.41. The molecule has 0 unspecified atom stereocenters. The molecule has 0 aromatic heterocycles. The molecule has 3 rings (SSSR count). The molecule has 0 N–H and O–H groups in total. The average Bonchev–Trinajstić information content (AvgIpc) is 3.08. The highest BCUT2D eigenvalue weighted by Crippen LogP contribution is 2.31. The van der Waals surface area contributed by atoms with Crippen molar-refractivity contribution in [3.05, 3.63) is 28.2 Å². The Labute approximate surface area is 152 Å². The first-order chi connectivity index (χ1) is 11.4. The molecule has 2 aliphatic rings. The van der Waals surface area contributed by atoms with Crippen LogP contribution in [0.2, 0.25) is 10.0 Å². The van der Waals surface area contributed by atoms with Crippen LogP contribution in [0.1, 0.15) is 32.1 Å².